The minimum absolute atomic E-state index is 0.0296. The van der Waals surface area contributed by atoms with E-state index in [4.69, 9.17) is 10.5 Å². The lowest BCUT2D eigenvalue weighted by molar-refractivity contribution is -0.135. The third-order valence-corrected chi connectivity index (χ3v) is 3.45. The Morgan fingerprint density at radius 3 is 2.90 bits per heavy atom. The van der Waals surface area contributed by atoms with Crippen LogP contribution < -0.4 is 15.8 Å². The van der Waals surface area contributed by atoms with Gasteiger partial charge in [0.15, 0.2) is 6.61 Å². The lowest BCUT2D eigenvalue weighted by Crippen LogP contribution is -2.50. The highest BCUT2D eigenvalue weighted by Crippen LogP contribution is 2.20. The molecule has 21 heavy (non-hydrogen) atoms. The number of amides is 2. The Morgan fingerprint density at radius 2 is 2.19 bits per heavy atom. The number of carbonyl (C=O) groups is 2. The van der Waals surface area contributed by atoms with Crippen LogP contribution in [0.3, 0.4) is 0 Å². The van der Waals surface area contributed by atoms with Gasteiger partial charge in [0.1, 0.15) is 5.75 Å². The first kappa shape index (κ1) is 15.2. The summed E-state index contributed by atoms with van der Waals surface area (Å²) in [5, 5.41) is 2.86. The Labute approximate surface area is 124 Å². The number of nitrogens with zero attached hydrogens (tertiary/aromatic N) is 1. The van der Waals surface area contributed by atoms with Gasteiger partial charge in [0.05, 0.1) is 5.69 Å². The van der Waals surface area contributed by atoms with Crippen LogP contribution in [0.4, 0.5) is 5.69 Å². The minimum atomic E-state index is -0.0895. The second-order valence-electron chi connectivity index (χ2n) is 5.21. The number of para-hydroxylation sites is 2. The third-order valence-electron chi connectivity index (χ3n) is 3.45. The van der Waals surface area contributed by atoms with E-state index in [-0.39, 0.29) is 24.5 Å². The van der Waals surface area contributed by atoms with Gasteiger partial charge in [-0.25, -0.2) is 0 Å². The molecule has 0 aromatic heterocycles. The van der Waals surface area contributed by atoms with Crippen molar-refractivity contribution >= 4 is 17.5 Å². The van der Waals surface area contributed by atoms with Gasteiger partial charge in [0, 0.05) is 26.1 Å². The van der Waals surface area contributed by atoms with E-state index in [9.17, 15) is 9.59 Å². The first-order valence-electron chi connectivity index (χ1n) is 7.08. The van der Waals surface area contributed by atoms with Gasteiger partial charge in [-0.15, -0.1) is 0 Å². The van der Waals surface area contributed by atoms with Crippen molar-refractivity contribution in [1.82, 2.24) is 10.2 Å². The molecule has 1 aliphatic heterocycles. The van der Waals surface area contributed by atoms with E-state index < -0.39 is 0 Å². The van der Waals surface area contributed by atoms with Crippen LogP contribution in [0.25, 0.3) is 0 Å². The minimum Gasteiger partial charge on any atom is -0.482 e. The highest BCUT2D eigenvalue weighted by atomic mass is 16.5. The van der Waals surface area contributed by atoms with Crippen LogP contribution in [-0.2, 0) is 9.59 Å². The molecular weight excluding hydrogens is 270 g/mol. The van der Waals surface area contributed by atoms with Gasteiger partial charge in [-0.05, 0) is 25.0 Å². The Bertz CT molecular complexity index is 519. The summed E-state index contributed by atoms with van der Waals surface area (Å²) in [7, 11) is 0. The van der Waals surface area contributed by atoms with Crippen LogP contribution in [0, 0.1) is 0 Å². The standard InChI is InChI=1S/C15H21N3O3/c1-11(19)17-12-5-4-8-18(9-12)15(20)10-21-14-7-3-2-6-13(14)16/h2-3,6-7,12H,4-5,8-10,16H2,1H3,(H,17,19). The number of hydrogen-bond acceptors (Lipinski definition) is 4. The molecule has 1 aromatic rings. The van der Waals surface area contributed by atoms with E-state index in [0.29, 0.717) is 24.5 Å². The molecule has 1 saturated heterocycles. The molecule has 0 radical (unpaired) electrons. The number of piperidine rings is 1. The van der Waals surface area contributed by atoms with E-state index in [1.807, 2.05) is 12.1 Å². The molecule has 3 N–H and O–H groups in total. The Morgan fingerprint density at radius 1 is 1.43 bits per heavy atom. The second kappa shape index (κ2) is 6.97. The summed E-state index contributed by atoms with van der Waals surface area (Å²) in [5.41, 5.74) is 6.28. The molecule has 1 unspecified atom stereocenters. The summed E-state index contributed by atoms with van der Waals surface area (Å²) in [6, 6.07) is 7.12. The fourth-order valence-electron chi connectivity index (χ4n) is 2.45. The van der Waals surface area contributed by atoms with Gasteiger partial charge in [-0.2, -0.15) is 0 Å². The quantitative estimate of drug-likeness (QED) is 0.803. The number of likely N-dealkylation sites (tertiary alicyclic amines) is 1. The van der Waals surface area contributed by atoms with Crippen LogP contribution in [0.15, 0.2) is 24.3 Å². The molecule has 2 amide bonds. The lowest BCUT2D eigenvalue weighted by Gasteiger charge is -2.33. The molecule has 1 atom stereocenters. The number of carbonyl (C=O) groups excluding carboxylic acids is 2. The zero-order valence-electron chi connectivity index (χ0n) is 12.2. The van der Waals surface area contributed by atoms with Crippen molar-refractivity contribution in [3.05, 3.63) is 24.3 Å². The number of benzene rings is 1. The molecule has 6 heteroatoms. The number of anilines is 1. The second-order valence-corrected chi connectivity index (χ2v) is 5.21. The van der Waals surface area contributed by atoms with Crippen molar-refractivity contribution in [3.63, 3.8) is 0 Å². The van der Waals surface area contributed by atoms with Crippen molar-refractivity contribution in [3.8, 4) is 5.75 Å². The van der Waals surface area contributed by atoms with E-state index >= 15 is 0 Å². The van der Waals surface area contributed by atoms with Gasteiger partial charge >= 0.3 is 0 Å². The highest BCUT2D eigenvalue weighted by molar-refractivity contribution is 5.78. The number of rotatable bonds is 4. The molecule has 1 aliphatic rings. The average Bonchev–Trinajstić information content (AvgIpc) is 2.45. The molecule has 2 rings (SSSR count). The van der Waals surface area contributed by atoms with Crippen LogP contribution >= 0.6 is 0 Å². The maximum absolute atomic E-state index is 12.2. The number of hydrogen-bond donors (Lipinski definition) is 2. The first-order chi connectivity index (χ1) is 10.1. The molecule has 0 spiro atoms. The van der Waals surface area contributed by atoms with E-state index in [2.05, 4.69) is 5.32 Å². The van der Waals surface area contributed by atoms with Crippen LogP contribution in [-0.4, -0.2) is 42.5 Å². The Kier molecular flexibility index (Phi) is 5.03. The summed E-state index contributed by atoms with van der Waals surface area (Å²) in [6.45, 7) is 2.68. The Hall–Kier alpha value is -2.24. The van der Waals surface area contributed by atoms with Gasteiger partial charge < -0.3 is 20.7 Å². The predicted molar refractivity (Wildman–Crippen MR) is 79.8 cm³/mol. The van der Waals surface area contributed by atoms with Gasteiger partial charge in [0.2, 0.25) is 5.91 Å². The smallest absolute Gasteiger partial charge is 0.260 e. The van der Waals surface area contributed by atoms with E-state index in [1.54, 1.807) is 17.0 Å². The van der Waals surface area contributed by atoms with E-state index in [1.165, 1.54) is 6.92 Å². The summed E-state index contributed by atoms with van der Waals surface area (Å²) in [5.74, 6) is 0.359. The number of nitrogen functional groups attached to an aromatic ring is 1. The molecule has 1 fully saturated rings. The molecule has 6 nitrogen and oxygen atoms in total. The molecule has 0 saturated carbocycles. The van der Waals surface area contributed by atoms with E-state index in [0.717, 1.165) is 12.8 Å². The molecule has 0 aliphatic carbocycles. The first-order valence-corrected chi connectivity index (χ1v) is 7.08. The summed E-state index contributed by atoms with van der Waals surface area (Å²) in [6.07, 6.45) is 1.78. The molecule has 0 bridgehead atoms. The van der Waals surface area contributed by atoms with Crippen molar-refractivity contribution in [2.45, 2.75) is 25.8 Å². The number of nitrogens with one attached hydrogen (secondary N) is 1. The summed E-state index contributed by atoms with van der Waals surface area (Å²) < 4.78 is 5.46. The topological polar surface area (TPSA) is 84.7 Å². The fourth-order valence-corrected chi connectivity index (χ4v) is 2.45. The molecule has 114 valence electrons. The zero-order valence-corrected chi connectivity index (χ0v) is 12.2. The van der Waals surface area contributed by atoms with Gasteiger partial charge in [-0.1, -0.05) is 12.1 Å². The SMILES string of the molecule is CC(=O)NC1CCCN(C(=O)COc2ccccc2N)C1. The maximum Gasteiger partial charge on any atom is 0.260 e. The van der Waals surface area contributed by atoms with Crippen molar-refractivity contribution in [2.24, 2.45) is 0 Å². The molecule has 1 heterocycles. The summed E-state index contributed by atoms with van der Waals surface area (Å²) in [4.78, 5) is 25.0. The summed E-state index contributed by atoms with van der Waals surface area (Å²) >= 11 is 0. The van der Waals surface area contributed by atoms with Crippen molar-refractivity contribution < 1.29 is 14.3 Å². The van der Waals surface area contributed by atoms with Crippen LogP contribution in [0.1, 0.15) is 19.8 Å². The average molecular weight is 291 g/mol. The Balaban J connectivity index is 1.85. The maximum atomic E-state index is 12.2. The third kappa shape index (κ3) is 4.37. The highest BCUT2D eigenvalue weighted by Gasteiger charge is 2.24. The monoisotopic (exact) mass is 291 g/mol. The number of nitrogens with two attached hydrogens (primary N) is 1. The largest absolute Gasteiger partial charge is 0.482 e. The van der Waals surface area contributed by atoms with Crippen LogP contribution in [0.5, 0.6) is 5.75 Å². The zero-order chi connectivity index (χ0) is 15.2. The fraction of sp³-hybridized carbons (Fsp3) is 0.467. The molecular formula is C15H21N3O3. The van der Waals surface area contributed by atoms with Crippen LogP contribution in [0.2, 0.25) is 0 Å². The van der Waals surface area contributed by atoms with Gasteiger partial charge in [-0.3, -0.25) is 9.59 Å². The predicted octanol–water partition coefficient (Wildman–Crippen LogP) is 0.775. The number of ether oxygens (including phenoxy) is 1. The normalized spacial score (nSPS) is 18.1. The lowest BCUT2D eigenvalue weighted by atomic mass is 10.1. The molecule has 1 aromatic carbocycles. The van der Waals surface area contributed by atoms with Crippen molar-refractivity contribution in [2.75, 3.05) is 25.4 Å². The van der Waals surface area contributed by atoms with Gasteiger partial charge in [0.25, 0.3) is 5.91 Å². The van der Waals surface area contributed by atoms with Crippen molar-refractivity contribution in [1.29, 1.82) is 0 Å².